The Labute approximate surface area is 189 Å². The van der Waals surface area contributed by atoms with Gasteiger partial charge in [0.25, 0.3) is 5.91 Å². The average Bonchev–Trinajstić information content (AvgIpc) is 2.95. The third-order valence-electron chi connectivity index (χ3n) is 5.23. The Bertz CT molecular complexity index is 1050. The van der Waals surface area contributed by atoms with Crippen LogP contribution in [0.15, 0.2) is 53.0 Å². The second kappa shape index (κ2) is 10.7. The Morgan fingerprint density at radius 2 is 1.84 bits per heavy atom. The summed E-state index contributed by atoms with van der Waals surface area (Å²) in [7, 11) is 0. The van der Waals surface area contributed by atoms with Gasteiger partial charge in [-0.15, -0.1) is 0 Å². The quantitative estimate of drug-likeness (QED) is 0.587. The molecule has 0 saturated carbocycles. The number of nitrogens with zero attached hydrogens (tertiary/aromatic N) is 2. The number of aliphatic imine (C=N–C) groups is 1. The van der Waals surface area contributed by atoms with E-state index >= 15 is 0 Å². The van der Waals surface area contributed by atoms with Crippen LogP contribution in [0.4, 0.5) is 11.4 Å². The molecule has 0 saturated heterocycles. The number of carbonyl (C=O) groups excluding carboxylic acids is 2. The Morgan fingerprint density at radius 3 is 2.53 bits per heavy atom. The van der Waals surface area contributed by atoms with Crippen LogP contribution in [0.1, 0.15) is 54.6 Å². The zero-order chi connectivity index (χ0) is 23.1. The highest BCUT2D eigenvalue weighted by Crippen LogP contribution is 2.29. The van der Waals surface area contributed by atoms with E-state index in [1.165, 1.54) is 0 Å². The van der Waals surface area contributed by atoms with Crippen molar-refractivity contribution >= 4 is 35.1 Å². The maximum atomic E-state index is 13.1. The zero-order valence-electron chi connectivity index (χ0n) is 18.7. The van der Waals surface area contributed by atoms with Gasteiger partial charge in [-0.2, -0.15) is 0 Å². The summed E-state index contributed by atoms with van der Waals surface area (Å²) in [6, 6.07) is 12.6. The molecule has 2 aromatic carbocycles. The van der Waals surface area contributed by atoms with Crippen LogP contribution in [0, 0.1) is 0 Å². The lowest BCUT2D eigenvalue weighted by atomic mass is 10.0. The smallest absolute Gasteiger partial charge is 0.255 e. The number of amides is 2. The Balaban J connectivity index is 1.86. The van der Waals surface area contributed by atoms with Crippen molar-refractivity contribution in [1.29, 1.82) is 0 Å². The van der Waals surface area contributed by atoms with E-state index in [0.29, 0.717) is 48.0 Å². The monoisotopic (exact) mass is 433 g/mol. The molecule has 0 unspecified atom stereocenters. The molecule has 0 spiro atoms. The van der Waals surface area contributed by atoms with Crippen molar-refractivity contribution in [2.45, 2.75) is 39.7 Å². The van der Waals surface area contributed by atoms with Crippen LogP contribution >= 0.6 is 0 Å². The van der Waals surface area contributed by atoms with Gasteiger partial charge in [0.2, 0.25) is 5.91 Å². The van der Waals surface area contributed by atoms with Gasteiger partial charge >= 0.3 is 0 Å². The van der Waals surface area contributed by atoms with Gasteiger partial charge in [-0.3, -0.25) is 9.59 Å². The molecule has 2 aromatic rings. The maximum Gasteiger partial charge on any atom is 0.255 e. The van der Waals surface area contributed by atoms with E-state index in [1.54, 1.807) is 18.2 Å². The van der Waals surface area contributed by atoms with Crippen molar-refractivity contribution < 1.29 is 9.59 Å². The molecular formula is C25H31N5O2. The van der Waals surface area contributed by atoms with E-state index in [2.05, 4.69) is 24.2 Å². The number of nitrogens with one attached hydrogen (secondary N) is 1. The molecule has 5 N–H and O–H groups in total. The fourth-order valence-corrected chi connectivity index (χ4v) is 3.71. The molecule has 7 nitrogen and oxygen atoms in total. The van der Waals surface area contributed by atoms with Crippen molar-refractivity contribution in [3.8, 4) is 0 Å². The van der Waals surface area contributed by atoms with E-state index in [4.69, 9.17) is 11.5 Å². The predicted molar refractivity (Wildman–Crippen MR) is 130 cm³/mol. The largest absolute Gasteiger partial charge is 0.387 e. The van der Waals surface area contributed by atoms with Crippen LogP contribution in [0.5, 0.6) is 0 Å². The third kappa shape index (κ3) is 5.62. The summed E-state index contributed by atoms with van der Waals surface area (Å²) >= 11 is 0. The minimum atomic E-state index is -0.252. The van der Waals surface area contributed by atoms with Crippen LogP contribution < -0.4 is 16.8 Å². The number of anilines is 1. The number of carbonyl (C=O) groups is 2. The lowest BCUT2D eigenvalue weighted by molar-refractivity contribution is -0.127. The van der Waals surface area contributed by atoms with Gasteiger partial charge in [-0.25, -0.2) is 4.99 Å². The van der Waals surface area contributed by atoms with E-state index in [0.717, 1.165) is 24.0 Å². The fraction of sp³-hybridized carbons (Fsp3) is 0.320. The summed E-state index contributed by atoms with van der Waals surface area (Å²) in [5.41, 5.74) is 15.8. The SMILES string of the molecule is CCCN(CCC)C(=O)C1=Cc2ccc(C(=O)Nc3cccc(CN)c3)cc2N=C(N)C1. The fourth-order valence-electron chi connectivity index (χ4n) is 3.71. The van der Waals surface area contributed by atoms with Crippen molar-refractivity contribution in [3.05, 3.63) is 64.7 Å². The van der Waals surface area contributed by atoms with Crippen LogP contribution in [-0.2, 0) is 11.3 Å². The van der Waals surface area contributed by atoms with Crippen molar-refractivity contribution in [2.75, 3.05) is 18.4 Å². The first kappa shape index (κ1) is 23.2. The predicted octanol–water partition coefficient (Wildman–Crippen LogP) is 3.82. The van der Waals surface area contributed by atoms with Gasteiger partial charge in [0.05, 0.1) is 5.69 Å². The number of hydrogen-bond donors (Lipinski definition) is 3. The lowest BCUT2D eigenvalue weighted by Crippen LogP contribution is -2.34. The van der Waals surface area contributed by atoms with Gasteiger partial charge in [0.1, 0.15) is 5.84 Å². The number of amidine groups is 1. The average molecular weight is 434 g/mol. The minimum Gasteiger partial charge on any atom is -0.387 e. The van der Waals surface area contributed by atoms with E-state index in [9.17, 15) is 9.59 Å². The maximum absolute atomic E-state index is 13.1. The Kier molecular flexibility index (Phi) is 7.78. The second-order valence-electron chi connectivity index (χ2n) is 7.87. The first-order valence-corrected chi connectivity index (χ1v) is 11.0. The molecule has 1 aliphatic rings. The van der Waals surface area contributed by atoms with E-state index in [1.807, 2.05) is 35.2 Å². The Hall–Kier alpha value is -3.45. The molecule has 1 heterocycles. The van der Waals surface area contributed by atoms with Gasteiger partial charge in [0.15, 0.2) is 0 Å². The number of rotatable bonds is 8. The highest BCUT2D eigenvalue weighted by atomic mass is 16.2. The van der Waals surface area contributed by atoms with Crippen LogP contribution in [0.25, 0.3) is 6.08 Å². The third-order valence-corrected chi connectivity index (χ3v) is 5.23. The lowest BCUT2D eigenvalue weighted by Gasteiger charge is -2.22. The molecule has 0 aromatic heterocycles. The number of hydrogen-bond acceptors (Lipinski definition) is 5. The summed E-state index contributed by atoms with van der Waals surface area (Å²) in [6.07, 6.45) is 3.91. The molecule has 0 bridgehead atoms. The standard InChI is InChI=1S/C25H31N5O2/c1-3-10-30(11-4-2)25(32)20-13-18-8-9-19(14-22(18)29-23(27)15-20)24(31)28-21-7-5-6-17(12-21)16-26/h5-9,12-14H,3-4,10-11,15-16,26H2,1-2H3,(H2,27,29)(H,28,31). The van der Waals surface area contributed by atoms with E-state index in [-0.39, 0.29) is 18.2 Å². The first-order chi connectivity index (χ1) is 15.4. The zero-order valence-corrected chi connectivity index (χ0v) is 18.7. The normalized spacial score (nSPS) is 12.8. The van der Waals surface area contributed by atoms with Crippen molar-refractivity contribution in [3.63, 3.8) is 0 Å². The summed E-state index contributed by atoms with van der Waals surface area (Å²) in [5, 5.41) is 2.89. The summed E-state index contributed by atoms with van der Waals surface area (Å²) in [6.45, 7) is 5.93. The summed E-state index contributed by atoms with van der Waals surface area (Å²) < 4.78 is 0. The van der Waals surface area contributed by atoms with Crippen LogP contribution in [0.2, 0.25) is 0 Å². The van der Waals surface area contributed by atoms with Crippen LogP contribution in [0.3, 0.4) is 0 Å². The molecule has 2 amide bonds. The molecule has 0 aliphatic carbocycles. The van der Waals surface area contributed by atoms with Gasteiger partial charge in [0, 0.05) is 48.4 Å². The number of fused-ring (bicyclic) bond motifs is 1. The van der Waals surface area contributed by atoms with E-state index < -0.39 is 0 Å². The summed E-state index contributed by atoms with van der Waals surface area (Å²) in [4.78, 5) is 32.2. The molecule has 0 radical (unpaired) electrons. The number of nitrogens with two attached hydrogens (primary N) is 2. The topological polar surface area (TPSA) is 114 Å². The van der Waals surface area contributed by atoms with Crippen molar-refractivity contribution in [2.24, 2.45) is 16.5 Å². The highest BCUT2D eigenvalue weighted by Gasteiger charge is 2.21. The molecule has 1 aliphatic heterocycles. The molecule has 0 atom stereocenters. The van der Waals surface area contributed by atoms with Gasteiger partial charge < -0.3 is 21.7 Å². The first-order valence-electron chi connectivity index (χ1n) is 11.0. The molecule has 32 heavy (non-hydrogen) atoms. The Morgan fingerprint density at radius 1 is 1.09 bits per heavy atom. The molecule has 3 rings (SSSR count). The molecular weight excluding hydrogens is 402 g/mol. The number of benzene rings is 2. The summed E-state index contributed by atoms with van der Waals surface area (Å²) in [5.74, 6) is 0.0862. The van der Waals surface area contributed by atoms with Crippen molar-refractivity contribution in [1.82, 2.24) is 4.90 Å². The molecule has 168 valence electrons. The molecule has 7 heteroatoms. The van der Waals surface area contributed by atoms with Gasteiger partial charge in [-0.05, 0) is 48.7 Å². The minimum absolute atomic E-state index is 0.0127. The van der Waals surface area contributed by atoms with Gasteiger partial charge in [-0.1, -0.05) is 32.0 Å². The molecule has 0 fully saturated rings. The highest BCUT2D eigenvalue weighted by molar-refractivity contribution is 6.07. The second-order valence-corrected chi connectivity index (χ2v) is 7.87. The van der Waals surface area contributed by atoms with Crippen LogP contribution in [-0.4, -0.2) is 35.6 Å².